The van der Waals surface area contributed by atoms with Gasteiger partial charge in [-0.3, -0.25) is 9.59 Å². The highest BCUT2D eigenvalue weighted by molar-refractivity contribution is 6.19. The highest BCUT2D eigenvalue weighted by atomic mass is 35.5. The fourth-order valence-electron chi connectivity index (χ4n) is 4.52. The first kappa shape index (κ1) is 19.6. The highest BCUT2D eigenvalue weighted by Gasteiger charge is 2.35. The van der Waals surface area contributed by atoms with Gasteiger partial charge in [-0.05, 0) is 35.2 Å². The number of hydrogen-bond acceptors (Lipinski definition) is 3. The molecule has 0 fully saturated rings. The summed E-state index contributed by atoms with van der Waals surface area (Å²) < 4.78 is 0. The minimum Gasteiger partial charge on any atom is -0.507 e. The van der Waals surface area contributed by atoms with Crippen LogP contribution in [0, 0.1) is 0 Å². The number of nitrogens with one attached hydrogen (secondary N) is 1. The Balaban J connectivity index is 1.59. The fraction of sp³-hybridized carbons (Fsp3) is 0.200. The van der Waals surface area contributed by atoms with Crippen molar-refractivity contribution in [2.75, 3.05) is 17.3 Å². The molecule has 1 aromatic heterocycles. The van der Waals surface area contributed by atoms with E-state index in [0.717, 1.165) is 27.2 Å². The smallest absolute Gasteiger partial charge is 0.274 e. The molecule has 1 unspecified atom stereocenters. The van der Waals surface area contributed by atoms with Crippen molar-refractivity contribution in [3.8, 4) is 5.75 Å². The molecule has 6 heteroatoms. The number of benzene rings is 3. The summed E-state index contributed by atoms with van der Waals surface area (Å²) in [6, 6.07) is 16.5. The number of anilines is 1. The van der Waals surface area contributed by atoms with E-state index in [1.807, 2.05) is 43.3 Å². The van der Waals surface area contributed by atoms with Gasteiger partial charge in [0.2, 0.25) is 0 Å². The van der Waals surface area contributed by atoms with E-state index in [1.165, 1.54) is 0 Å². The third-order valence-electron chi connectivity index (χ3n) is 6.07. The minimum absolute atomic E-state index is 0.0238. The Kier molecular flexibility index (Phi) is 4.71. The molecule has 1 atom stereocenters. The number of aromatic amines is 1. The zero-order valence-corrected chi connectivity index (χ0v) is 17.7. The van der Waals surface area contributed by atoms with Crippen molar-refractivity contribution in [2.45, 2.75) is 19.3 Å². The normalized spacial score (nSPS) is 15.5. The first-order valence-electron chi connectivity index (χ1n) is 10.3. The number of alkyl halides is 1. The van der Waals surface area contributed by atoms with Gasteiger partial charge in [0.15, 0.2) is 5.78 Å². The van der Waals surface area contributed by atoms with Crippen molar-refractivity contribution in [1.29, 1.82) is 0 Å². The molecular weight excluding hydrogens is 412 g/mol. The zero-order chi connectivity index (χ0) is 21.7. The van der Waals surface area contributed by atoms with Crippen molar-refractivity contribution in [1.82, 2.24) is 4.98 Å². The number of amides is 1. The van der Waals surface area contributed by atoms with E-state index in [-0.39, 0.29) is 23.4 Å². The number of Topliss-reactive ketones (excluding diaryl/α,β-unsaturated/α-hetero) is 1. The maximum absolute atomic E-state index is 13.5. The van der Waals surface area contributed by atoms with Gasteiger partial charge in [0.05, 0.1) is 5.69 Å². The Morgan fingerprint density at radius 2 is 1.90 bits per heavy atom. The van der Waals surface area contributed by atoms with Gasteiger partial charge >= 0.3 is 0 Å². The van der Waals surface area contributed by atoms with Crippen LogP contribution >= 0.6 is 11.6 Å². The van der Waals surface area contributed by atoms with Crippen LogP contribution in [0.1, 0.15) is 45.7 Å². The predicted octanol–water partition coefficient (Wildman–Crippen LogP) is 5.60. The topological polar surface area (TPSA) is 73.4 Å². The van der Waals surface area contributed by atoms with E-state index < -0.39 is 0 Å². The summed E-state index contributed by atoms with van der Waals surface area (Å²) in [6.07, 6.45) is 0.434. The van der Waals surface area contributed by atoms with E-state index in [2.05, 4.69) is 4.98 Å². The molecule has 0 radical (unpaired) electrons. The molecule has 4 aromatic rings. The van der Waals surface area contributed by atoms with Gasteiger partial charge in [-0.2, -0.15) is 0 Å². The molecule has 1 aliphatic rings. The molecule has 5 nitrogen and oxygen atoms in total. The van der Waals surface area contributed by atoms with Crippen LogP contribution in [0.25, 0.3) is 21.7 Å². The Morgan fingerprint density at radius 1 is 1.13 bits per heavy atom. The van der Waals surface area contributed by atoms with Gasteiger partial charge < -0.3 is 15.0 Å². The second kappa shape index (κ2) is 7.43. The molecule has 156 valence electrons. The summed E-state index contributed by atoms with van der Waals surface area (Å²) in [4.78, 5) is 30.3. The Morgan fingerprint density at radius 3 is 2.65 bits per heavy atom. The Bertz CT molecular complexity index is 1360. The number of hydrogen-bond donors (Lipinski definition) is 2. The highest BCUT2D eigenvalue weighted by Crippen LogP contribution is 2.45. The molecule has 0 aliphatic carbocycles. The van der Waals surface area contributed by atoms with Crippen LogP contribution in [0.3, 0.4) is 0 Å². The van der Waals surface area contributed by atoms with Crippen molar-refractivity contribution in [3.63, 3.8) is 0 Å². The van der Waals surface area contributed by atoms with Crippen LogP contribution in [0.5, 0.6) is 5.75 Å². The molecule has 0 saturated carbocycles. The number of fused-ring (bicyclic) bond motifs is 4. The van der Waals surface area contributed by atoms with Crippen molar-refractivity contribution in [2.24, 2.45) is 0 Å². The summed E-state index contributed by atoms with van der Waals surface area (Å²) in [6.45, 7) is 2.27. The molecule has 0 saturated heterocycles. The van der Waals surface area contributed by atoms with Crippen LogP contribution in [0.4, 0.5) is 5.69 Å². The zero-order valence-electron chi connectivity index (χ0n) is 17.0. The van der Waals surface area contributed by atoms with Crippen molar-refractivity contribution >= 4 is 50.7 Å². The summed E-state index contributed by atoms with van der Waals surface area (Å²) in [5.74, 6) is 0.367. The van der Waals surface area contributed by atoms with Crippen LogP contribution in [0.15, 0.2) is 54.6 Å². The van der Waals surface area contributed by atoms with Crippen LogP contribution in [-0.4, -0.2) is 34.2 Å². The first-order chi connectivity index (χ1) is 15.0. The van der Waals surface area contributed by atoms with Crippen LogP contribution in [0.2, 0.25) is 0 Å². The number of aromatic hydroxyl groups is 1. The van der Waals surface area contributed by atoms with Gasteiger partial charge in [-0.25, -0.2) is 0 Å². The number of phenols is 1. The lowest BCUT2D eigenvalue weighted by atomic mass is 9.95. The van der Waals surface area contributed by atoms with Crippen LogP contribution in [-0.2, 0) is 0 Å². The molecule has 3 aromatic carbocycles. The SMILES string of the molecule is CCC(=O)c1ccc2[nH]c(C(=O)N3CC(CCl)c4c3cc(O)c3ccccc43)cc2c1. The quantitative estimate of drug-likeness (QED) is 0.325. The predicted molar refractivity (Wildman–Crippen MR) is 124 cm³/mol. The third kappa shape index (κ3) is 3.08. The molecule has 5 rings (SSSR count). The fourth-order valence-corrected chi connectivity index (χ4v) is 4.77. The molecule has 31 heavy (non-hydrogen) atoms. The van der Waals surface area contributed by atoms with Gasteiger partial charge in [0.1, 0.15) is 11.4 Å². The molecule has 0 spiro atoms. The number of halogens is 1. The second-order valence-electron chi connectivity index (χ2n) is 7.90. The van der Waals surface area contributed by atoms with Crippen LogP contribution < -0.4 is 4.90 Å². The lowest BCUT2D eigenvalue weighted by Crippen LogP contribution is -2.30. The average molecular weight is 433 g/mol. The molecule has 0 bridgehead atoms. The number of phenolic OH excluding ortho intramolecular Hbond substituents is 1. The number of rotatable bonds is 4. The lowest BCUT2D eigenvalue weighted by Gasteiger charge is -2.17. The standard InChI is InChI=1S/C25H21ClN2O3/c1-2-22(29)14-7-8-19-15(9-14)10-20(27-19)25(31)28-13-16(12-26)24-18-6-4-3-5-17(18)23(30)11-21(24)28/h3-11,16,27,30H,2,12-13H2,1H3. The summed E-state index contributed by atoms with van der Waals surface area (Å²) in [5.41, 5.74) is 3.55. The van der Waals surface area contributed by atoms with Gasteiger partial charge in [-0.1, -0.05) is 31.2 Å². The number of carbonyl (C=O) groups excluding carboxylic acids is 2. The first-order valence-corrected chi connectivity index (χ1v) is 10.8. The van der Waals surface area contributed by atoms with E-state index in [1.54, 1.807) is 23.1 Å². The number of H-pyrrole nitrogens is 1. The number of nitrogens with zero attached hydrogens (tertiary/aromatic N) is 1. The third-order valence-corrected chi connectivity index (χ3v) is 6.44. The van der Waals surface area contributed by atoms with Crippen molar-refractivity contribution < 1.29 is 14.7 Å². The second-order valence-corrected chi connectivity index (χ2v) is 8.21. The van der Waals surface area contributed by atoms with Crippen molar-refractivity contribution in [3.05, 3.63) is 71.4 Å². The number of carbonyl (C=O) groups is 2. The maximum Gasteiger partial charge on any atom is 0.274 e. The molecule has 1 amide bonds. The van der Waals surface area contributed by atoms with E-state index >= 15 is 0 Å². The number of ketones is 1. The Labute approximate surface area is 184 Å². The lowest BCUT2D eigenvalue weighted by molar-refractivity contribution is 0.0978. The van der Waals surface area contributed by atoms with Gasteiger partial charge in [-0.15, -0.1) is 11.6 Å². The molecule has 1 aliphatic heterocycles. The van der Waals surface area contributed by atoms with E-state index in [4.69, 9.17) is 11.6 Å². The minimum atomic E-state index is -0.192. The monoisotopic (exact) mass is 432 g/mol. The largest absolute Gasteiger partial charge is 0.507 e. The summed E-state index contributed by atoms with van der Waals surface area (Å²) in [7, 11) is 0. The Hall–Kier alpha value is -3.31. The van der Waals surface area contributed by atoms with Gasteiger partial charge in [0, 0.05) is 52.7 Å². The maximum atomic E-state index is 13.5. The van der Waals surface area contributed by atoms with E-state index in [0.29, 0.717) is 35.8 Å². The molecule has 2 N–H and O–H groups in total. The van der Waals surface area contributed by atoms with E-state index in [9.17, 15) is 14.7 Å². The summed E-state index contributed by atoms with van der Waals surface area (Å²) >= 11 is 6.28. The van der Waals surface area contributed by atoms with Gasteiger partial charge in [0.25, 0.3) is 5.91 Å². The summed E-state index contributed by atoms with van der Waals surface area (Å²) in [5, 5.41) is 13.1. The average Bonchev–Trinajstić information content (AvgIpc) is 3.39. The molecular formula is C25H21ClN2O3. The number of aromatic nitrogens is 1. The molecule has 2 heterocycles.